The van der Waals surface area contributed by atoms with Crippen LogP contribution >= 0.6 is 11.3 Å². The second kappa shape index (κ2) is 7.93. The van der Waals surface area contributed by atoms with E-state index in [-0.39, 0.29) is 12.6 Å². The topological polar surface area (TPSA) is 58.6 Å². The number of carbonyl (C=O) groups excluding carboxylic acids is 1. The van der Waals surface area contributed by atoms with Gasteiger partial charge in [0, 0.05) is 22.8 Å². The molecule has 1 aromatic heterocycles. The molecule has 0 amide bonds. The van der Waals surface area contributed by atoms with Gasteiger partial charge in [-0.25, -0.2) is 0 Å². The third kappa shape index (κ3) is 4.97. The van der Waals surface area contributed by atoms with Crippen LogP contribution in [0.1, 0.15) is 20.9 Å². The molecule has 0 aliphatic heterocycles. The first-order chi connectivity index (χ1) is 10.2. The number of carbonyl (C=O) groups is 1. The fourth-order valence-electron chi connectivity index (χ4n) is 1.92. The smallest absolute Gasteiger partial charge is 0.310 e. The average Bonchev–Trinajstić information content (AvgIpc) is 2.95. The maximum atomic E-state index is 11.2. The van der Waals surface area contributed by atoms with E-state index in [1.54, 1.807) is 11.3 Å². The molecule has 0 spiro atoms. The van der Waals surface area contributed by atoms with Gasteiger partial charge < -0.3 is 15.2 Å². The lowest BCUT2D eigenvalue weighted by Gasteiger charge is -2.04. The third-order valence-corrected chi connectivity index (χ3v) is 4.18. The number of aliphatic hydroxyl groups is 1. The standard InChI is InChI=1S/C16H19NO3S/c1-20-16(19)8-14-6-7-15(21-14)10-17-9-12-2-4-13(11-18)5-3-12/h2-7,17-18H,8-11H2,1H3. The quantitative estimate of drug-likeness (QED) is 0.770. The van der Waals surface area contributed by atoms with Gasteiger partial charge in [0.2, 0.25) is 0 Å². The number of benzene rings is 1. The van der Waals surface area contributed by atoms with Crippen LogP contribution in [0.3, 0.4) is 0 Å². The third-order valence-electron chi connectivity index (χ3n) is 3.10. The minimum Gasteiger partial charge on any atom is -0.469 e. The summed E-state index contributed by atoms with van der Waals surface area (Å²) in [6.45, 7) is 1.62. The van der Waals surface area contributed by atoms with Crippen LogP contribution in [-0.2, 0) is 35.6 Å². The average molecular weight is 305 g/mol. The Hall–Kier alpha value is -1.69. The largest absolute Gasteiger partial charge is 0.469 e. The minimum absolute atomic E-state index is 0.0753. The van der Waals surface area contributed by atoms with Crippen LogP contribution in [0.2, 0.25) is 0 Å². The molecule has 0 fully saturated rings. The summed E-state index contributed by atoms with van der Waals surface area (Å²) >= 11 is 1.62. The summed E-state index contributed by atoms with van der Waals surface area (Å²) in [5.41, 5.74) is 2.10. The lowest BCUT2D eigenvalue weighted by Crippen LogP contribution is -2.11. The maximum absolute atomic E-state index is 11.2. The summed E-state index contributed by atoms with van der Waals surface area (Å²) in [6.07, 6.45) is 0.337. The Balaban J connectivity index is 1.79. The van der Waals surface area contributed by atoms with Crippen molar-refractivity contribution in [2.45, 2.75) is 26.1 Å². The number of nitrogens with one attached hydrogen (secondary N) is 1. The SMILES string of the molecule is COC(=O)Cc1ccc(CNCc2ccc(CO)cc2)s1. The van der Waals surface area contributed by atoms with Gasteiger partial charge in [0.1, 0.15) is 0 Å². The van der Waals surface area contributed by atoms with Crippen LogP contribution in [-0.4, -0.2) is 18.2 Å². The molecular formula is C16H19NO3S. The molecule has 0 saturated carbocycles. The van der Waals surface area contributed by atoms with E-state index < -0.39 is 0 Å². The van der Waals surface area contributed by atoms with Crippen molar-refractivity contribution >= 4 is 17.3 Å². The second-order valence-electron chi connectivity index (χ2n) is 4.70. The van der Waals surface area contributed by atoms with Gasteiger partial charge in [-0.2, -0.15) is 0 Å². The highest BCUT2D eigenvalue weighted by Crippen LogP contribution is 2.17. The van der Waals surface area contributed by atoms with Crippen LogP contribution in [0.15, 0.2) is 36.4 Å². The van der Waals surface area contributed by atoms with Crippen molar-refractivity contribution in [2.75, 3.05) is 7.11 Å². The summed E-state index contributed by atoms with van der Waals surface area (Å²) in [4.78, 5) is 13.4. The van der Waals surface area contributed by atoms with E-state index in [0.29, 0.717) is 6.42 Å². The normalized spacial score (nSPS) is 10.6. The molecule has 2 aromatic rings. The van der Waals surface area contributed by atoms with Crippen molar-refractivity contribution in [3.05, 3.63) is 57.3 Å². The molecule has 2 rings (SSSR count). The summed E-state index contributed by atoms with van der Waals surface area (Å²) in [5.74, 6) is -0.208. The van der Waals surface area contributed by atoms with Gasteiger partial charge in [-0.1, -0.05) is 24.3 Å². The van der Waals surface area contributed by atoms with Crippen molar-refractivity contribution in [1.29, 1.82) is 0 Å². The summed E-state index contributed by atoms with van der Waals surface area (Å²) in [5, 5.41) is 12.4. The van der Waals surface area contributed by atoms with Crippen LogP contribution in [0.5, 0.6) is 0 Å². The molecule has 4 nitrogen and oxygen atoms in total. The van der Waals surface area contributed by atoms with E-state index in [2.05, 4.69) is 10.1 Å². The first kappa shape index (κ1) is 15.7. The Labute approximate surface area is 128 Å². The number of hydrogen-bond acceptors (Lipinski definition) is 5. The number of esters is 1. The Bertz CT molecular complexity index is 577. The van der Waals surface area contributed by atoms with Crippen molar-refractivity contribution in [3.63, 3.8) is 0 Å². The van der Waals surface area contributed by atoms with Crippen molar-refractivity contribution in [2.24, 2.45) is 0 Å². The zero-order chi connectivity index (χ0) is 15.1. The van der Waals surface area contributed by atoms with E-state index in [1.165, 1.54) is 17.6 Å². The second-order valence-corrected chi connectivity index (χ2v) is 5.95. The first-order valence-corrected chi connectivity index (χ1v) is 7.56. The highest BCUT2D eigenvalue weighted by Gasteiger charge is 2.06. The number of rotatable bonds is 7. The van der Waals surface area contributed by atoms with Gasteiger partial charge in [-0.05, 0) is 23.3 Å². The minimum atomic E-state index is -0.208. The zero-order valence-corrected chi connectivity index (χ0v) is 12.8. The van der Waals surface area contributed by atoms with E-state index in [4.69, 9.17) is 5.11 Å². The number of aliphatic hydroxyl groups excluding tert-OH is 1. The predicted octanol–water partition coefficient (Wildman–Crippen LogP) is 2.25. The molecule has 0 unspecified atom stereocenters. The molecule has 0 atom stereocenters. The lowest BCUT2D eigenvalue weighted by molar-refractivity contribution is -0.139. The molecular weight excluding hydrogens is 286 g/mol. The molecule has 0 radical (unpaired) electrons. The molecule has 1 aromatic carbocycles. The first-order valence-electron chi connectivity index (χ1n) is 6.75. The van der Waals surface area contributed by atoms with Gasteiger partial charge in [-0.3, -0.25) is 4.79 Å². The molecule has 5 heteroatoms. The van der Waals surface area contributed by atoms with Crippen LogP contribution in [0.4, 0.5) is 0 Å². The maximum Gasteiger partial charge on any atom is 0.310 e. The van der Waals surface area contributed by atoms with Crippen LogP contribution < -0.4 is 5.32 Å². The number of thiophene rings is 1. The molecule has 0 aliphatic carbocycles. The Kier molecular flexibility index (Phi) is 5.92. The number of hydrogen-bond donors (Lipinski definition) is 2. The molecule has 21 heavy (non-hydrogen) atoms. The monoisotopic (exact) mass is 305 g/mol. The summed E-state index contributed by atoms with van der Waals surface area (Å²) in [7, 11) is 1.40. The Morgan fingerprint density at radius 2 is 1.76 bits per heavy atom. The predicted molar refractivity (Wildman–Crippen MR) is 82.9 cm³/mol. The Morgan fingerprint density at radius 3 is 2.43 bits per heavy atom. The van der Waals surface area contributed by atoms with Crippen molar-refractivity contribution in [3.8, 4) is 0 Å². The highest BCUT2D eigenvalue weighted by molar-refractivity contribution is 7.12. The fraction of sp³-hybridized carbons (Fsp3) is 0.312. The van der Waals surface area contributed by atoms with E-state index in [0.717, 1.165) is 23.5 Å². The van der Waals surface area contributed by atoms with E-state index in [9.17, 15) is 4.79 Å². The zero-order valence-electron chi connectivity index (χ0n) is 12.0. The van der Waals surface area contributed by atoms with Crippen molar-refractivity contribution < 1.29 is 14.6 Å². The van der Waals surface area contributed by atoms with Crippen molar-refractivity contribution in [1.82, 2.24) is 5.32 Å². The molecule has 1 heterocycles. The van der Waals surface area contributed by atoms with Gasteiger partial charge in [-0.15, -0.1) is 11.3 Å². The fourth-order valence-corrected chi connectivity index (χ4v) is 2.89. The molecule has 0 aliphatic rings. The van der Waals surface area contributed by atoms with Gasteiger partial charge in [0.15, 0.2) is 0 Å². The number of ether oxygens (including phenoxy) is 1. The molecule has 0 bridgehead atoms. The van der Waals surface area contributed by atoms with Crippen LogP contribution in [0.25, 0.3) is 0 Å². The molecule has 0 saturated heterocycles. The lowest BCUT2D eigenvalue weighted by atomic mass is 10.1. The Morgan fingerprint density at radius 1 is 1.10 bits per heavy atom. The summed E-state index contributed by atoms with van der Waals surface area (Å²) in [6, 6.07) is 11.9. The van der Waals surface area contributed by atoms with Gasteiger partial charge in [0.25, 0.3) is 0 Å². The number of methoxy groups -OCH3 is 1. The van der Waals surface area contributed by atoms with E-state index in [1.807, 2.05) is 36.4 Å². The highest BCUT2D eigenvalue weighted by atomic mass is 32.1. The van der Waals surface area contributed by atoms with E-state index >= 15 is 0 Å². The van der Waals surface area contributed by atoms with Gasteiger partial charge >= 0.3 is 5.97 Å². The van der Waals surface area contributed by atoms with Gasteiger partial charge in [0.05, 0.1) is 20.1 Å². The molecule has 2 N–H and O–H groups in total. The molecule has 112 valence electrons. The summed E-state index contributed by atoms with van der Waals surface area (Å²) < 4.78 is 4.66. The van der Waals surface area contributed by atoms with Crippen LogP contribution in [0, 0.1) is 0 Å².